The van der Waals surface area contributed by atoms with Crippen LogP contribution in [0, 0.1) is 0 Å². The smallest absolute Gasteiger partial charge is 0.340 e. The molecule has 0 radical (unpaired) electrons. The zero-order chi connectivity index (χ0) is 33.8. The van der Waals surface area contributed by atoms with Crippen molar-refractivity contribution in [3.8, 4) is 0 Å². The van der Waals surface area contributed by atoms with E-state index in [9.17, 15) is 24.0 Å². The number of H-pyrrole nitrogens is 1. The highest BCUT2D eigenvalue weighted by molar-refractivity contribution is 6.15. The summed E-state index contributed by atoms with van der Waals surface area (Å²) in [5, 5.41) is 4.07. The highest BCUT2D eigenvalue weighted by atomic mass is 16.5. The number of fused-ring (bicyclic) bond motifs is 1. The monoisotopic (exact) mass is 648 g/mol. The molecule has 17 nitrogen and oxygen atoms in total. The van der Waals surface area contributed by atoms with E-state index in [4.69, 9.17) is 5.73 Å². The number of carbonyl (C=O) groups is 4. The molecule has 0 atom stereocenters. The molecule has 47 heavy (non-hydrogen) atoms. The molecule has 0 fully saturated rings. The highest BCUT2D eigenvalue weighted by Gasteiger charge is 2.21. The van der Waals surface area contributed by atoms with Crippen LogP contribution in [0.1, 0.15) is 41.4 Å². The van der Waals surface area contributed by atoms with Crippen molar-refractivity contribution in [2.75, 3.05) is 38.9 Å². The van der Waals surface area contributed by atoms with Crippen molar-refractivity contribution in [1.82, 2.24) is 19.9 Å². The number of aromatic nitrogens is 4. The average Bonchev–Trinajstić information content (AvgIpc) is 3.10. The molecular formula is C30H32N8O9. The molecule has 6 rings (SSSR count). The number of hydrogen-bond acceptors (Lipinski definition) is 15. The summed E-state index contributed by atoms with van der Waals surface area (Å²) >= 11 is 0. The first-order chi connectivity index (χ1) is 22.2. The van der Waals surface area contributed by atoms with Crippen LogP contribution in [0.15, 0.2) is 72.0 Å². The Hall–Kier alpha value is -6.30. The van der Waals surface area contributed by atoms with Gasteiger partial charge < -0.3 is 35.7 Å². The molecular weight excluding hydrogens is 616 g/mol. The molecule has 1 aliphatic heterocycles. The first-order valence-electron chi connectivity index (χ1n) is 13.2. The molecule has 0 bridgehead atoms. The topological polar surface area (TPSA) is 289 Å². The SMILES string of the molecule is COC(=O)c1cccc(N)c1C(=O)OC.COC(=O)c1cccc2nc[nH]c(=O)c12.NN.O.O=C1CNc2ncnc3cccc1c23. The van der Waals surface area contributed by atoms with Crippen molar-refractivity contribution in [2.45, 2.75) is 0 Å². The standard InChI is InChI=1S/C10H7N3O.C10H8N2O3.C10H11NO4.H4N2.H2O/c14-8-4-11-10-9-6(8)2-1-3-7(9)12-5-13-10;1-15-10(14)6-3-2-4-7-8(6)9(13)12-5-11-7;1-14-9(12)6-4-3-5-7(11)8(6)10(13)15-2;1-2;/h1-3,5H,4H2,(H,11,12,13);2-5H,1H3,(H,11,12,13);3-5H,11H2,1-2H3;1-2H2;1H2. The lowest BCUT2D eigenvalue weighted by molar-refractivity contribution is 0.0556. The molecule has 3 aromatic carbocycles. The second-order valence-corrected chi connectivity index (χ2v) is 8.87. The summed E-state index contributed by atoms with van der Waals surface area (Å²) in [6, 6.07) is 14.9. The van der Waals surface area contributed by atoms with E-state index in [0.29, 0.717) is 12.1 Å². The van der Waals surface area contributed by atoms with Crippen LogP contribution < -0.4 is 28.3 Å². The molecule has 0 saturated heterocycles. The molecule has 10 N–H and O–H groups in total. The van der Waals surface area contributed by atoms with E-state index in [1.165, 1.54) is 52.2 Å². The lowest BCUT2D eigenvalue weighted by atomic mass is 10.0. The second-order valence-electron chi connectivity index (χ2n) is 8.87. The molecule has 0 amide bonds. The zero-order valence-electron chi connectivity index (χ0n) is 25.4. The lowest BCUT2D eigenvalue weighted by Gasteiger charge is -2.15. The third-order valence-electron chi connectivity index (χ3n) is 6.35. The van der Waals surface area contributed by atoms with Crippen LogP contribution in [-0.4, -0.2) is 77.0 Å². The molecule has 0 aliphatic carbocycles. The number of nitrogen functional groups attached to an aromatic ring is 1. The number of methoxy groups -OCH3 is 3. The van der Waals surface area contributed by atoms with Crippen LogP contribution in [0.5, 0.6) is 0 Å². The Bertz CT molecular complexity index is 1950. The second kappa shape index (κ2) is 17.3. The quantitative estimate of drug-likeness (QED) is 0.0594. The summed E-state index contributed by atoms with van der Waals surface area (Å²) in [4.78, 5) is 71.7. The largest absolute Gasteiger partial charge is 0.465 e. The van der Waals surface area contributed by atoms with Crippen LogP contribution in [0.25, 0.3) is 21.8 Å². The molecule has 0 saturated carbocycles. The van der Waals surface area contributed by atoms with E-state index in [1.54, 1.807) is 18.2 Å². The van der Waals surface area contributed by atoms with Gasteiger partial charge in [0.15, 0.2) is 5.78 Å². The maximum absolute atomic E-state index is 11.6. The number of esters is 3. The van der Waals surface area contributed by atoms with Gasteiger partial charge in [0.1, 0.15) is 12.1 Å². The number of rotatable bonds is 3. The van der Waals surface area contributed by atoms with Crippen LogP contribution in [-0.2, 0) is 14.2 Å². The van der Waals surface area contributed by atoms with Gasteiger partial charge in [0.25, 0.3) is 5.56 Å². The van der Waals surface area contributed by atoms with Gasteiger partial charge in [-0.25, -0.2) is 29.3 Å². The fraction of sp³-hybridized carbons (Fsp3) is 0.133. The Morgan fingerprint density at radius 2 is 1.32 bits per heavy atom. The number of nitrogens with one attached hydrogen (secondary N) is 2. The number of hydrogen-bond donors (Lipinski definition) is 5. The predicted molar refractivity (Wildman–Crippen MR) is 172 cm³/mol. The molecule has 17 heteroatoms. The zero-order valence-corrected chi connectivity index (χ0v) is 25.4. The Balaban J connectivity index is 0.000000236. The third-order valence-corrected chi connectivity index (χ3v) is 6.35. The van der Waals surface area contributed by atoms with Crippen molar-refractivity contribution < 1.29 is 38.9 Å². The number of ketones is 1. The fourth-order valence-electron chi connectivity index (χ4n) is 4.31. The van der Waals surface area contributed by atoms with E-state index in [2.05, 4.69) is 51.1 Å². The minimum Gasteiger partial charge on any atom is -0.465 e. The van der Waals surface area contributed by atoms with Crippen LogP contribution in [0.4, 0.5) is 11.5 Å². The lowest BCUT2D eigenvalue weighted by Crippen LogP contribution is -2.20. The van der Waals surface area contributed by atoms with E-state index >= 15 is 0 Å². The normalized spacial score (nSPS) is 10.6. The summed E-state index contributed by atoms with van der Waals surface area (Å²) in [6.07, 6.45) is 2.80. The van der Waals surface area contributed by atoms with E-state index in [-0.39, 0.29) is 44.6 Å². The maximum Gasteiger partial charge on any atom is 0.340 e. The Morgan fingerprint density at radius 3 is 1.98 bits per heavy atom. The molecule has 3 heterocycles. The van der Waals surface area contributed by atoms with Crippen molar-refractivity contribution >= 4 is 57.0 Å². The maximum atomic E-state index is 11.6. The van der Waals surface area contributed by atoms with E-state index < -0.39 is 17.9 Å². The third kappa shape index (κ3) is 8.25. The van der Waals surface area contributed by atoms with Gasteiger partial charge in [-0.15, -0.1) is 0 Å². The van der Waals surface area contributed by atoms with Gasteiger partial charge in [-0.2, -0.15) is 0 Å². The first kappa shape index (κ1) is 36.9. The summed E-state index contributed by atoms with van der Waals surface area (Å²) in [6.45, 7) is 0.323. The Kier molecular flexibility index (Phi) is 13.5. The van der Waals surface area contributed by atoms with Gasteiger partial charge in [-0.1, -0.05) is 24.3 Å². The van der Waals surface area contributed by atoms with Gasteiger partial charge >= 0.3 is 17.9 Å². The number of Topliss-reactive ketones (excluding diaryl/α,β-unsaturated/α-hetero) is 1. The molecule has 0 unspecified atom stereocenters. The van der Waals surface area contributed by atoms with Crippen LogP contribution >= 0.6 is 0 Å². The highest BCUT2D eigenvalue weighted by Crippen LogP contribution is 2.26. The summed E-state index contributed by atoms with van der Waals surface area (Å²) < 4.78 is 13.6. The average molecular weight is 649 g/mol. The number of aromatic amines is 1. The van der Waals surface area contributed by atoms with Crippen LogP contribution in [0.3, 0.4) is 0 Å². The van der Waals surface area contributed by atoms with Crippen molar-refractivity contribution in [1.29, 1.82) is 0 Å². The molecule has 2 aromatic heterocycles. The number of nitrogens with zero attached hydrogens (tertiary/aromatic N) is 3. The minimum absolute atomic E-state index is 0. The van der Waals surface area contributed by atoms with Crippen LogP contribution in [0.2, 0.25) is 0 Å². The number of carbonyl (C=O) groups excluding carboxylic acids is 4. The van der Waals surface area contributed by atoms with Gasteiger partial charge in [-0.3, -0.25) is 21.3 Å². The minimum atomic E-state index is -0.659. The number of ether oxygens (including phenoxy) is 3. The van der Waals surface area contributed by atoms with Gasteiger partial charge in [-0.05, 0) is 30.3 Å². The predicted octanol–water partition coefficient (Wildman–Crippen LogP) is 0.784. The number of hydrazine groups is 1. The Labute approximate surface area is 266 Å². The first-order valence-corrected chi connectivity index (χ1v) is 13.2. The molecule has 0 spiro atoms. The molecule has 246 valence electrons. The number of anilines is 2. The molecule has 1 aliphatic rings. The number of nitrogens with two attached hydrogens (primary N) is 3. The Morgan fingerprint density at radius 1 is 0.745 bits per heavy atom. The molecule has 5 aromatic rings. The number of benzene rings is 3. The van der Waals surface area contributed by atoms with Crippen molar-refractivity contribution in [3.05, 3.63) is 99.9 Å². The summed E-state index contributed by atoms with van der Waals surface area (Å²) in [5.41, 5.74) is 7.79. The van der Waals surface area contributed by atoms with Gasteiger partial charge in [0.05, 0.1) is 72.7 Å². The van der Waals surface area contributed by atoms with E-state index in [1.807, 2.05) is 18.2 Å². The summed E-state index contributed by atoms with van der Waals surface area (Å²) in [7, 11) is 3.72. The van der Waals surface area contributed by atoms with Gasteiger partial charge in [0, 0.05) is 11.3 Å². The fourth-order valence-corrected chi connectivity index (χ4v) is 4.31. The summed E-state index contributed by atoms with van der Waals surface area (Å²) in [5.74, 6) is 7.03. The van der Waals surface area contributed by atoms with E-state index in [0.717, 1.165) is 22.3 Å². The van der Waals surface area contributed by atoms with Crippen molar-refractivity contribution in [2.24, 2.45) is 11.7 Å². The van der Waals surface area contributed by atoms with Crippen molar-refractivity contribution in [3.63, 3.8) is 0 Å². The van der Waals surface area contributed by atoms with Gasteiger partial charge in [0.2, 0.25) is 0 Å².